The topological polar surface area (TPSA) is 72.7 Å². The Bertz CT molecular complexity index is 1840. The fourth-order valence-electron chi connectivity index (χ4n) is 9.75. The number of hydrogen-bond donors (Lipinski definition) is 0. The molecular weight excluding hydrogens is 635 g/mol. The molecule has 8 nitrogen and oxygen atoms in total. The maximum atomic E-state index is 14.1. The number of aromatic nitrogens is 3. The first-order valence-corrected chi connectivity index (χ1v) is 19.1. The number of rotatable bonds is 6. The quantitative estimate of drug-likeness (QED) is 0.256. The van der Waals surface area contributed by atoms with E-state index >= 15 is 0 Å². The van der Waals surface area contributed by atoms with E-state index in [2.05, 4.69) is 102 Å². The summed E-state index contributed by atoms with van der Waals surface area (Å²) >= 11 is 0. The van der Waals surface area contributed by atoms with E-state index in [1.165, 1.54) is 24.2 Å². The monoisotopic (exact) mass is 693 g/mol. The van der Waals surface area contributed by atoms with Crippen LogP contribution in [0.5, 0.6) is 0 Å². The molecule has 2 aliphatic carbocycles. The van der Waals surface area contributed by atoms with Gasteiger partial charge in [-0.25, -0.2) is 4.68 Å². The van der Waals surface area contributed by atoms with Gasteiger partial charge in [-0.3, -0.25) is 4.79 Å². The van der Waals surface area contributed by atoms with Crippen molar-refractivity contribution in [3.05, 3.63) is 65.4 Å². The highest BCUT2D eigenvalue weighted by Crippen LogP contribution is 2.57. The fourth-order valence-corrected chi connectivity index (χ4v) is 9.75. The molecule has 4 atom stereocenters. The number of para-hydroxylation sites is 1. The van der Waals surface area contributed by atoms with Gasteiger partial charge in [-0.05, 0) is 101 Å². The number of anilines is 1. The zero-order chi connectivity index (χ0) is 36.7. The van der Waals surface area contributed by atoms with Crippen LogP contribution in [-0.2, 0) is 26.5 Å². The van der Waals surface area contributed by atoms with E-state index < -0.39 is 11.0 Å². The summed E-state index contributed by atoms with van der Waals surface area (Å²) in [6.07, 6.45) is 5.29. The first-order chi connectivity index (χ1) is 23.9. The normalized spacial score (nSPS) is 23.9. The van der Waals surface area contributed by atoms with Crippen LogP contribution in [0.15, 0.2) is 59.9 Å². The number of hydrogen-bond acceptors (Lipinski definition) is 6. The Morgan fingerprint density at radius 1 is 0.882 bits per heavy atom. The van der Waals surface area contributed by atoms with E-state index in [9.17, 15) is 4.79 Å². The van der Waals surface area contributed by atoms with Gasteiger partial charge in [0, 0.05) is 30.0 Å². The van der Waals surface area contributed by atoms with Gasteiger partial charge in [-0.1, -0.05) is 82.3 Å². The fraction of sp³-hybridized carbons (Fsp3) is 0.605. The van der Waals surface area contributed by atoms with Crippen molar-refractivity contribution in [1.82, 2.24) is 20.1 Å². The molecule has 4 aliphatic rings. The van der Waals surface area contributed by atoms with Gasteiger partial charge in [0.15, 0.2) is 0 Å². The summed E-state index contributed by atoms with van der Waals surface area (Å²) in [5, 5.41) is 12.0. The van der Waals surface area contributed by atoms with Crippen LogP contribution in [0.1, 0.15) is 107 Å². The molecule has 274 valence electrons. The smallest absolute Gasteiger partial charge is 0.232 e. The van der Waals surface area contributed by atoms with Crippen LogP contribution in [0, 0.1) is 28.6 Å². The van der Waals surface area contributed by atoms with Gasteiger partial charge in [0.1, 0.15) is 11.5 Å². The highest BCUT2D eigenvalue weighted by Gasteiger charge is 2.53. The number of carbonyl (C=O) groups excluding carboxylic acids is 1. The predicted molar refractivity (Wildman–Crippen MR) is 204 cm³/mol. The number of nitrogens with zero attached hydrogens (tertiary/aromatic N) is 5. The molecule has 0 saturated heterocycles. The van der Waals surface area contributed by atoms with Crippen LogP contribution < -0.4 is 4.90 Å². The molecule has 3 heterocycles. The Balaban J connectivity index is 1.22. The molecule has 7 rings (SSSR count). The van der Waals surface area contributed by atoms with Crippen LogP contribution in [0.25, 0.3) is 22.5 Å². The van der Waals surface area contributed by atoms with Crippen LogP contribution in [0.3, 0.4) is 0 Å². The van der Waals surface area contributed by atoms with Crippen molar-refractivity contribution in [2.45, 2.75) is 125 Å². The van der Waals surface area contributed by atoms with Crippen LogP contribution in [0.4, 0.5) is 5.69 Å². The third-order valence-corrected chi connectivity index (χ3v) is 11.8. The Kier molecular flexibility index (Phi) is 8.85. The minimum Gasteiger partial charge on any atom is -0.410 e. The van der Waals surface area contributed by atoms with Crippen molar-refractivity contribution >= 4 is 11.6 Å². The molecule has 2 aromatic carbocycles. The van der Waals surface area contributed by atoms with Gasteiger partial charge in [-0.15, -0.1) is 10.2 Å². The molecule has 0 spiro atoms. The number of ether oxygens (including phenoxy) is 1. The molecule has 1 saturated carbocycles. The molecular formula is C43H59N5O3. The number of allylic oxidation sites excluding steroid dienone is 1. The summed E-state index contributed by atoms with van der Waals surface area (Å²) in [5.74, 6) is 3.44. The minimum absolute atomic E-state index is 0.0886. The van der Waals surface area contributed by atoms with Crippen molar-refractivity contribution in [3.63, 3.8) is 0 Å². The van der Waals surface area contributed by atoms with Crippen molar-refractivity contribution in [2.24, 2.45) is 28.6 Å². The van der Waals surface area contributed by atoms with Gasteiger partial charge >= 0.3 is 0 Å². The molecule has 3 aromatic rings. The van der Waals surface area contributed by atoms with E-state index in [0.717, 1.165) is 71.5 Å². The van der Waals surface area contributed by atoms with E-state index in [0.29, 0.717) is 12.5 Å². The Labute approximate surface area is 305 Å². The largest absolute Gasteiger partial charge is 0.410 e. The first kappa shape index (κ1) is 35.9. The second-order valence-electron chi connectivity index (χ2n) is 19.0. The molecule has 0 radical (unpaired) electrons. The summed E-state index contributed by atoms with van der Waals surface area (Å²) in [5.41, 5.74) is 6.03. The lowest BCUT2D eigenvalue weighted by Crippen LogP contribution is -2.45. The molecule has 2 aliphatic heterocycles. The average Bonchev–Trinajstić information content (AvgIpc) is 3.30. The van der Waals surface area contributed by atoms with Gasteiger partial charge in [0.25, 0.3) is 0 Å². The molecule has 1 aromatic heterocycles. The molecule has 8 heteroatoms. The second-order valence-corrected chi connectivity index (χ2v) is 19.0. The first-order valence-electron chi connectivity index (χ1n) is 19.1. The molecule has 1 amide bonds. The van der Waals surface area contributed by atoms with Gasteiger partial charge in [0.05, 0.1) is 41.7 Å². The summed E-state index contributed by atoms with van der Waals surface area (Å²) in [6.45, 7) is 23.1. The lowest BCUT2D eigenvalue weighted by molar-refractivity contribution is -0.126. The maximum absolute atomic E-state index is 14.1. The van der Waals surface area contributed by atoms with Crippen molar-refractivity contribution < 1.29 is 14.4 Å². The number of benzene rings is 2. The van der Waals surface area contributed by atoms with Crippen LogP contribution in [0.2, 0.25) is 0 Å². The Hall–Kier alpha value is -3.49. The Morgan fingerprint density at radius 2 is 1.53 bits per heavy atom. The predicted octanol–water partition coefficient (Wildman–Crippen LogP) is 9.41. The van der Waals surface area contributed by atoms with Crippen molar-refractivity contribution in [3.8, 4) is 22.5 Å². The second kappa shape index (κ2) is 12.6. The van der Waals surface area contributed by atoms with Gasteiger partial charge < -0.3 is 14.5 Å². The Morgan fingerprint density at radius 3 is 2.22 bits per heavy atom. The van der Waals surface area contributed by atoms with Gasteiger partial charge in [0.2, 0.25) is 5.91 Å². The van der Waals surface area contributed by atoms with E-state index in [1.807, 2.05) is 37.8 Å². The standard InChI is InChI=1S/C43H59N5O3/c1-40(2,3)39(49)47-24-27-16-12-13-17-28(27)36-37(31-18-14-15-19-34(31)47)48(45-44-36)43(9,10)26-42(7,8)38-32-21-20-29-30(22-23-35(32)51-46(38)11)33(29)25-50-41(4,5)6/h12-19,29-30,33,38H,20-26H2,1-11H3. The van der Waals surface area contributed by atoms with E-state index in [-0.39, 0.29) is 23.0 Å². The number of amides is 1. The van der Waals surface area contributed by atoms with Gasteiger partial charge in [-0.2, -0.15) is 0 Å². The molecule has 51 heavy (non-hydrogen) atoms. The van der Waals surface area contributed by atoms with Crippen LogP contribution in [-0.4, -0.2) is 51.3 Å². The maximum Gasteiger partial charge on any atom is 0.232 e. The van der Waals surface area contributed by atoms with E-state index in [1.54, 1.807) is 0 Å². The third-order valence-electron chi connectivity index (χ3n) is 11.8. The van der Waals surface area contributed by atoms with Crippen LogP contribution >= 0.6 is 0 Å². The summed E-state index contributed by atoms with van der Waals surface area (Å²) in [4.78, 5) is 22.6. The highest BCUT2D eigenvalue weighted by atomic mass is 16.7. The van der Waals surface area contributed by atoms with E-state index in [4.69, 9.17) is 19.9 Å². The lowest BCUT2D eigenvalue weighted by atomic mass is 9.71. The number of fused-ring (bicyclic) bond motifs is 6. The minimum atomic E-state index is -0.548. The lowest BCUT2D eigenvalue weighted by Gasteiger charge is -2.42. The zero-order valence-corrected chi connectivity index (χ0v) is 32.8. The SMILES string of the molecule is CN1OC2=C(CCC3C(CC2)C3COC(C)(C)C)C1C(C)(C)CC(C)(C)n1nnc2c1-c1ccccc1N(C(=O)C(C)(C)C)Cc1ccccc1-2. The summed E-state index contributed by atoms with van der Waals surface area (Å²) in [6, 6.07) is 16.8. The zero-order valence-electron chi connectivity index (χ0n) is 32.8. The average molecular weight is 694 g/mol. The molecule has 4 unspecified atom stereocenters. The molecule has 1 fully saturated rings. The summed E-state index contributed by atoms with van der Waals surface area (Å²) in [7, 11) is 2.12. The molecule has 0 bridgehead atoms. The number of likely N-dealkylation sites (N-methyl/N-ethyl adjacent to an activating group) is 1. The third kappa shape index (κ3) is 6.67. The number of carbonyl (C=O) groups is 1. The summed E-state index contributed by atoms with van der Waals surface area (Å²) < 4.78 is 8.39. The van der Waals surface area contributed by atoms with Crippen molar-refractivity contribution in [1.29, 1.82) is 0 Å². The number of hydroxylamine groups is 2. The highest BCUT2D eigenvalue weighted by molar-refractivity contribution is 6.02. The molecule has 0 N–H and O–H groups in total. The van der Waals surface area contributed by atoms with Crippen molar-refractivity contribution in [2.75, 3.05) is 18.6 Å².